The molecule has 13 heavy (non-hydrogen) atoms. The quantitative estimate of drug-likeness (QED) is 0.388. The van der Waals surface area contributed by atoms with Crippen LogP contribution in [-0.4, -0.2) is 12.4 Å². The molecule has 5 N–H and O–H groups in total. The van der Waals surface area contributed by atoms with Crippen LogP contribution in [0.4, 0.5) is 5.69 Å². The first kappa shape index (κ1) is 11.6. The van der Waals surface area contributed by atoms with Crippen LogP contribution in [0.1, 0.15) is 0 Å². The normalized spacial score (nSPS) is 8.62. The van der Waals surface area contributed by atoms with Crippen molar-refractivity contribution in [2.45, 2.75) is 0 Å². The third-order valence-electron chi connectivity index (χ3n) is 1.27. The Hall–Kier alpha value is -1.42. The van der Waals surface area contributed by atoms with Crippen LogP contribution in [0.15, 0.2) is 24.3 Å². The number of benzene rings is 1. The van der Waals surface area contributed by atoms with E-state index in [-0.39, 0.29) is 24.8 Å². The Morgan fingerprint density at radius 1 is 1.31 bits per heavy atom. The van der Waals surface area contributed by atoms with Gasteiger partial charge in [-0.2, -0.15) is 0 Å². The van der Waals surface area contributed by atoms with Gasteiger partial charge in [-0.25, -0.2) is 0 Å². The summed E-state index contributed by atoms with van der Waals surface area (Å²) >= 11 is 0. The highest BCUT2D eigenvalue weighted by atomic mass is 35.5. The molecule has 0 fully saturated rings. The lowest BCUT2D eigenvalue weighted by molar-refractivity contribution is 0.374. The summed E-state index contributed by atoms with van der Waals surface area (Å²) in [5.74, 6) is 0.672. The maximum Gasteiger partial charge on any atom is 0.145 e. The molecule has 0 aromatic heterocycles. The van der Waals surface area contributed by atoms with Gasteiger partial charge in [0.15, 0.2) is 0 Å². The first-order valence-corrected chi connectivity index (χ1v) is 3.50. The molecular weight excluding hydrogens is 190 g/mol. The number of amidine groups is 1. The minimum Gasteiger partial charge on any atom is -0.486 e. The number of nitrogen functional groups attached to an aromatic ring is 1. The summed E-state index contributed by atoms with van der Waals surface area (Å²) in [6.45, 7) is 0.115. The molecule has 0 spiro atoms. The Kier molecular flexibility index (Phi) is 4.69. The van der Waals surface area contributed by atoms with Gasteiger partial charge in [0, 0.05) is 5.69 Å². The van der Waals surface area contributed by atoms with Gasteiger partial charge in [-0.05, 0) is 24.3 Å². The molecule has 72 valence electrons. The highest BCUT2D eigenvalue weighted by molar-refractivity contribution is 5.85. The van der Waals surface area contributed by atoms with E-state index >= 15 is 0 Å². The second-order valence-electron chi connectivity index (χ2n) is 2.38. The number of ether oxygens (including phenoxy) is 1. The van der Waals surface area contributed by atoms with Crippen molar-refractivity contribution in [2.75, 3.05) is 12.3 Å². The summed E-state index contributed by atoms with van der Waals surface area (Å²) in [6.07, 6.45) is 0. The fraction of sp³-hybridized carbons (Fsp3) is 0.125. The topological polar surface area (TPSA) is 85.1 Å². The molecule has 0 unspecified atom stereocenters. The average molecular weight is 202 g/mol. The van der Waals surface area contributed by atoms with Gasteiger partial charge < -0.3 is 16.2 Å². The predicted molar refractivity (Wildman–Crippen MR) is 55.5 cm³/mol. The molecule has 0 radical (unpaired) electrons. The molecule has 0 aliphatic rings. The molecule has 5 heteroatoms. The van der Waals surface area contributed by atoms with Gasteiger partial charge in [0.25, 0.3) is 0 Å². The van der Waals surface area contributed by atoms with Crippen LogP contribution in [0.25, 0.3) is 0 Å². The predicted octanol–water partition coefficient (Wildman–Crippen LogP) is 1.01. The Bertz CT molecular complexity index is 273. The molecule has 0 amide bonds. The van der Waals surface area contributed by atoms with Gasteiger partial charge in [-0.3, -0.25) is 5.41 Å². The van der Waals surface area contributed by atoms with E-state index in [0.717, 1.165) is 0 Å². The van der Waals surface area contributed by atoms with Gasteiger partial charge in [-0.1, -0.05) is 0 Å². The first-order valence-electron chi connectivity index (χ1n) is 3.50. The molecule has 0 atom stereocenters. The van der Waals surface area contributed by atoms with Gasteiger partial charge in [-0.15, -0.1) is 12.4 Å². The van der Waals surface area contributed by atoms with Gasteiger partial charge >= 0.3 is 0 Å². The van der Waals surface area contributed by atoms with Crippen molar-refractivity contribution in [3.8, 4) is 5.75 Å². The van der Waals surface area contributed by atoms with Crippen LogP contribution < -0.4 is 16.2 Å². The van der Waals surface area contributed by atoms with Crippen molar-refractivity contribution in [1.29, 1.82) is 5.41 Å². The lowest BCUT2D eigenvalue weighted by Crippen LogP contribution is -2.19. The largest absolute Gasteiger partial charge is 0.486 e. The van der Waals surface area contributed by atoms with Crippen molar-refractivity contribution in [1.82, 2.24) is 0 Å². The molecule has 1 rings (SSSR count). The third-order valence-corrected chi connectivity index (χ3v) is 1.27. The number of anilines is 1. The maximum absolute atomic E-state index is 6.91. The van der Waals surface area contributed by atoms with E-state index in [4.69, 9.17) is 21.6 Å². The number of rotatable bonds is 3. The maximum atomic E-state index is 6.91. The van der Waals surface area contributed by atoms with Crippen LogP contribution in [0.5, 0.6) is 5.75 Å². The minimum absolute atomic E-state index is 0. The van der Waals surface area contributed by atoms with Gasteiger partial charge in [0.05, 0.1) is 0 Å². The van der Waals surface area contributed by atoms with Crippen LogP contribution in [0.2, 0.25) is 0 Å². The van der Waals surface area contributed by atoms with Crippen molar-refractivity contribution < 1.29 is 4.74 Å². The number of halogens is 1. The molecule has 0 aliphatic carbocycles. The first-order chi connectivity index (χ1) is 5.68. The molecule has 1 aromatic carbocycles. The zero-order valence-corrected chi connectivity index (χ0v) is 7.80. The Balaban J connectivity index is 0.00000144. The second kappa shape index (κ2) is 5.27. The second-order valence-corrected chi connectivity index (χ2v) is 2.38. The molecule has 0 heterocycles. The van der Waals surface area contributed by atoms with E-state index in [1.165, 1.54) is 0 Å². The van der Waals surface area contributed by atoms with E-state index in [1.807, 2.05) is 0 Å². The van der Waals surface area contributed by atoms with Gasteiger partial charge in [0.2, 0.25) is 0 Å². The van der Waals surface area contributed by atoms with Crippen molar-refractivity contribution in [2.24, 2.45) is 5.73 Å². The molecule has 0 bridgehead atoms. The summed E-state index contributed by atoms with van der Waals surface area (Å²) in [4.78, 5) is 0. The monoisotopic (exact) mass is 201 g/mol. The summed E-state index contributed by atoms with van der Waals surface area (Å²) in [5.41, 5.74) is 11.2. The average Bonchev–Trinajstić information content (AvgIpc) is 2.03. The van der Waals surface area contributed by atoms with Crippen LogP contribution in [-0.2, 0) is 0 Å². The van der Waals surface area contributed by atoms with Crippen molar-refractivity contribution in [3.05, 3.63) is 24.3 Å². The van der Waals surface area contributed by atoms with Crippen molar-refractivity contribution >= 4 is 23.9 Å². The number of nitrogens with one attached hydrogen (secondary N) is 1. The Labute approximate surface area is 82.8 Å². The number of hydrogen-bond acceptors (Lipinski definition) is 3. The smallest absolute Gasteiger partial charge is 0.145 e. The van der Waals surface area contributed by atoms with E-state index in [2.05, 4.69) is 0 Å². The highest BCUT2D eigenvalue weighted by Crippen LogP contribution is 2.12. The van der Waals surface area contributed by atoms with Gasteiger partial charge in [0.1, 0.15) is 18.2 Å². The van der Waals surface area contributed by atoms with Crippen molar-refractivity contribution in [3.63, 3.8) is 0 Å². The molecular formula is C8H12ClN3O. The zero-order valence-electron chi connectivity index (χ0n) is 6.99. The van der Waals surface area contributed by atoms with Crippen LogP contribution >= 0.6 is 12.4 Å². The van der Waals surface area contributed by atoms with E-state index < -0.39 is 0 Å². The van der Waals surface area contributed by atoms with Crippen LogP contribution in [0.3, 0.4) is 0 Å². The lowest BCUT2D eigenvalue weighted by atomic mass is 10.3. The highest BCUT2D eigenvalue weighted by Gasteiger charge is 1.93. The minimum atomic E-state index is 0. The Morgan fingerprint density at radius 3 is 2.31 bits per heavy atom. The molecule has 1 aromatic rings. The van der Waals surface area contributed by atoms with Crippen LogP contribution in [0, 0.1) is 5.41 Å². The molecule has 0 aliphatic heterocycles. The third kappa shape index (κ3) is 4.22. The zero-order chi connectivity index (χ0) is 8.97. The fourth-order valence-electron chi connectivity index (χ4n) is 0.725. The van der Waals surface area contributed by atoms with E-state index in [1.54, 1.807) is 24.3 Å². The summed E-state index contributed by atoms with van der Waals surface area (Å²) in [5, 5.41) is 6.91. The standard InChI is InChI=1S/C8H11N3O.ClH/c9-6-1-3-7(4-2-6)12-5-8(10)11;/h1-4H,5,9H2,(H3,10,11);1H. The van der Waals surface area contributed by atoms with E-state index in [0.29, 0.717) is 11.4 Å². The summed E-state index contributed by atoms with van der Waals surface area (Å²) in [7, 11) is 0. The molecule has 0 saturated heterocycles. The molecule has 4 nitrogen and oxygen atoms in total. The Morgan fingerprint density at radius 2 is 1.85 bits per heavy atom. The lowest BCUT2D eigenvalue weighted by Gasteiger charge is -2.03. The molecule has 0 saturated carbocycles. The SMILES string of the molecule is Cl.N=C(N)COc1ccc(N)cc1. The number of nitrogens with two attached hydrogens (primary N) is 2. The summed E-state index contributed by atoms with van der Waals surface area (Å²) in [6, 6.07) is 6.93. The fourth-order valence-corrected chi connectivity index (χ4v) is 0.725. The van der Waals surface area contributed by atoms with E-state index in [9.17, 15) is 0 Å². The number of hydrogen-bond donors (Lipinski definition) is 3. The summed E-state index contributed by atoms with van der Waals surface area (Å²) < 4.78 is 5.12.